The van der Waals surface area contributed by atoms with Gasteiger partial charge >= 0.3 is 0 Å². The summed E-state index contributed by atoms with van der Waals surface area (Å²) < 4.78 is 1.04. The molecular weight excluding hydrogens is 354 g/mol. The Bertz CT molecular complexity index is 668. The van der Waals surface area contributed by atoms with Crippen molar-refractivity contribution in [1.29, 1.82) is 0 Å². The molecule has 2 rings (SSSR count). The summed E-state index contributed by atoms with van der Waals surface area (Å²) >= 11 is 3.45. The maximum absolute atomic E-state index is 12.0. The molecule has 0 bridgehead atoms. The molecule has 4 nitrogen and oxygen atoms in total. The Morgan fingerprint density at radius 3 is 2.65 bits per heavy atom. The minimum Gasteiger partial charge on any atom is -0.352 e. The molecule has 1 amide bonds. The summed E-state index contributed by atoms with van der Waals surface area (Å²) in [5.74, 6) is 1.22. The SMILES string of the molecule is Cc1cc(Br)ccc1Nc1ccc(C(=O)NCCC(C)C)cn1. The van der Waals surface area contributed by atoms with E-state index in [4.69, 9.17) is 0 Å². The normalized spacial score (nSPS) is 10.7. The second-order valence-electron chi connectivity index (χ2n) is 5.95. The van der Waals surface area contributed by atoms with Crippen molar-refractivity contribution in [3.8, 4) is 0 Å². The van der Waals surface area contributed by atoms with Crippen LogP contribution in [0.3, 0.4) is 0 Å². The quantitative estimate of drug-likeness (QED) is 0.770. The molecule has 0 aliphatic heterocycles. The highest BCUT2D eigenvalue weighted by Crippen LogP contribution is 2.22. The summed E-state index contributed by atoms with van der Waals surface area (Å²) in [5.41, 5.74) is 2.69. The number of aromatic nitrogens is 1. The smallest absolute Gasteiger partial charge is 0.252 e. The molecule has 1 aromatic heterocycles. The van der Waals surface area contributed by atoms with Gasteiger partial charge in [-0.15, -0.1) is 0 Å². The molecule has 0 aliphatic rings. The summed E-state index contributed by atoms with van der Waals surface area (Å²) in [6.07, 6.45) is 2.57. The zero-order valence-electron chi connectivity index (χ0n) is 13.7. The largest absolute Gasteiger partial charge is 0.352 e. The van der Waals surface area contributed by atoms with Crippen LogP contribution in [0, 0.1) is 12.8 Å². The van der Waals surface area contributed by atoms with E-state index in [-0.39, 0.29) is 5.91 Å². The van der Waals surface area contributed by atoms with E-state index in [0.29, 0.717) is 23.8 Å². The van der Waals surface area contributed by atoms with Crippen LogP contribution in [0.2, 0.25) is 0 Å². The van der Waals surface area contributed by atoms with Gasteiger partial charge in [0.05, 0.1) is 5.56 Å². The molecule has 122 valence electrons. The van der Waals surface area contributed by atoms with Gasteiger partial charge < -0.3 is 10.6 Å². The third-order valence-corrected chi connectivity index (χ3v) is 3.98. The van der Waals surface area contributed by atoms with Gasteiger partial charge in [0, 0.05) is 22.9 Å². The average molecular weight is 376 g/mol. The minimum absolute atomic E-state index is 0.0791. The Labute approximate surface area is 145 Å². The van der Waals surface area contributed by atoms with Crippen molar-refractivity contribution >= 4 is 33.3 Å². The number of rotatable bonds is 6. The van der Waals surface area contributed by atoms with Crippen molar-refractivity contribution in [1.82, 2.24) is 10.3 Å². The average Bonchev–Trinajstić information content (AvgIpc) is 2.50. The van der Waals surface area contributed by atoms with Gasteiger partial charge in [0.25, 0.3) is 5.91 Å². The van der Waals surface area contributed by atoms with Crippen LogP contribution in [0.5, 0.6) is 0 Å². The number of pyridine rings is 1. The molecule has 0 saturated heterocycles. The summed E-state index contributed by atoms with van der Waals surface area (Å²) in [6.45, 7) is 6.99. The fourth-order valence-corrected chi connectivity index (χ4v) is 2.56. The predicted octanol–water partition coefficient (Wildman–Crippen LogP) is 4.67. The lowest BCUT2D eigenvalue weighted by atomic mass is 10.1. The van der Waals surface area contributed by atoms with Crippen molar-refractivity contribution in [2.75, 3.05) is 11.9 Å². The topological polar surface area (TPSA) is 54.0 Å². The molecule has 0 unspecified atom stereocenters. The van der Waals surface area contributed by atoms with E-state index in [2.05, 4.69) is 45.4 Å². The number of nitrogens with zero attached hydrogens (tertiary/aromatic N) is 1. The predicted molar refractivity (Wildman–Crippen MR) is 98.2 cm³/mol. The summed E-state index contributed by atoms with van der Waals surface area (Å²) in [4.78, 5) is 16.3. The van der Waals surface area contributed by atoms with Crippen LogP contribution in [0.1, 0.15) is 36.2 Å². The fourth-order valence-electron chi connectivity index (χ4n) is 2.08. The first kappa shape index (κ1) is 17.5. The van der Waals surface area contributed by atoms with Gasteiger partial charge in [0.2, 0.25) is 0 Å². The van der Waals surface area contributed by atoms with Crippen molar-refractivity contribution in [2.24, 2.45) is 5.92 Å². The number of anilines is 2. The van der Waals surface area contributed by atoms with Gasteiger partial charge in [-0.25, -0.2) is 4.98 Å². The summed E-state index contributed by atoms with van der Waals surface area (Å²) in [7, 11) is 0. The van der Waals surface area contributed by atoms with Crippen LogP contribution in [0.25, 0.3) is 0 Å². The molecule has 2 N–H and O–H groups in total. The van der Waals surface area contributed by atoms with E-state index >= 15 is 0 Å². The molecule has 2 aromatic rings. The Morgan fingerprint density at radius 1 is 1.26 bits per heavy atom. The van der Waals surface area contributed by atoms with E-state index in [1.165, 1.54) is 0 Å². The lowest BCUT2D eigenvalue weighted by Gasteiger charge is -2.10. The van der Waals surface area contributed by atoms with Crippen molar-refractivity contribution in [3.05, 3.63) is 52.1 Å². The van der Waals surface area contributed by atoms with E-state index in [9.17, 15) is 4.79 Å². The molecule has 0 fully saturated rings. The molecule has 1 aromatic carbocycles. The maximum atomic E-state index is 12.0. The first-order chi connectivity index (χ1) is 11.0. The Balaban J connectivity index is 1.97. The molecule has 1 heterocycles. The number of carbonyl (C=O) groups is 1. The third kappa shape index (κ3) is 5.36. The van der Waals surface area contributed by atoms with E-state index in [0.717, 1.165) is 22.1 Å². The van der Waals surface area contributed by atoms with E-state index in [1.807, 2.05) is 31.2 Å². The van der Waals surface area contributed by atoms with Crippen LogP contribution < -0.4 is 10.6 Å². The van der Waals surface area contributed by atoms with Crippen molar-refractivity contribution < 1.29 is 4.79 Å². The Hall–Kier alpha value is -1.88. The molecule has 5 heteroatoms. The second-order valence-corrected chi connectivity index (χ2v) is 6.87. The van der Waals surface area contributed by atoms with Gasteiger partial charge in [-0.3, -0.25) is 4.79 Å². The number of hydrogen-bond donors (Lipinski definition) is 2. The Kier molecular flexibility index (Phi) is 6.16. The van der Waals surface area contributed by atoms with Crippen molar-refractivity contribution in [2.45, 2.75) is 27.2 Å². The highest BCUT2D eigenvalue weighted by atomic mass is 79.9. The van der Waals surface area contributed by atoms with Crippen LogP contribution in [-0.4, -0.2) is 17.4 Å². The minimum atomic E-state index is -0.0791. The molecule has 0 aliphatic carbocycles. The standard InChI is InChI=1S/C18H22BrN3O/c1-12(2)8-9-20-18(23)14-4-7-17(21-11-14)22-16-6-5-15(19)10-13(16)3/h4-7,10-12H,8-9H2,1-3H3,(H,20,23)(H,21,22). The molecule has 0 atom stereocenters. The molecule has 0 saturated carbocycles. The molecule has 0 spiro atoms. The van der Waals surface area contributed by atoms with Gasteiger partial charge in [-0.2, -0.15) is 0 Å². The number of nitrogens with one attached hydrogen (secondary N) is 2. The van der Waals surface area contributed by atoms with Gasteiger partial charge in [0.1, 0.15) is 5.82 Å². The summed E-state index contributed by atoms with van der Waals surface area (Å²) in [5, 5.41) is 6.17. The monoisotopic (exact) mass is 375 g/mol. The molecule has 0 radical (unpaired) electrons. The van der Waals surface area contributed by atoms with Crippen LogP contribution in [0.15, 0.2) is 41.0 Å². The van der Waals surface area contributed by atoms with Crippen LogP contribution in [0.4, 0.5) is 11.5 Å². The number of hydrogen-bond acceptors (Lipinski definition) is 3. The molecular formula is C18H22BrN3O. The van der Waals surface area contributed by atoms with Gasteiger partial charge in [0.15, 0.2) is 0 Å². The van der Waals surface area contributed by atoms with Gasteiger partial charge in [-0.1, -0.05) is 29.8 Å². The zero-order chi connectivity index (χ0) is 16.8. The maximum Gasteiger partial charge on any atom is 0.252 e. The third-order valence-electron chi connectivity index (χ3n) is 3.48. The summed E-state index contributed by atoms with van der Waals surface area (Å²) in [6, 6.07) is 9.62. The number of amides is 1. The lowest BCUT2D eigenvalue weighted by Crippen LogP contribution is -2.25. The first-order valence-electron chi connectivity index (χ1n) is 7.73. The van der Waals surface area contributed by atoms with Crippen LogP contribution >= 0.6 is 15.9 Å². The zero-order valence-corrected chi connectivity index (χ0v) is 15.3. The van der Waals surface area contributed by atoms with E-state index < -0.39 is 0 Å². The van der Waals surface area contributed by atoms with E-state index in [1.54, 1.807) is 12.3 Å². The number of aryl methyl sites for hydroxylation is 1. The highest BCUT2D eigenvalue weighted by molar-refractivity contribution is 9.10. The highest BCUT2D eigenvalue weighted by Gasteiger charge is 2.07. The van der Waals surface area contributed by atoms with Crippen LogP contribution in [-0.2, 0) is 0 Å². The van der Waals surface area contributed by atoms with Gasteiger partial charge in [-0.05, 0) is 55.2 Å². The lowest BCUT2D eigenvalue weighted by molar-refractivity contribution is 0.0951. The second kappa shape index (κ2) is 8.11. The van der Waals surface area contributed by atoms with Crippen molar-refractivity contribution in [3.63, 3.8) is 0 Å². The first-order valence-corrected chi connectivity index (χ1v) is 8.52. The molecule has 23 heavy (non-hydrogen) atoms. The number of benzene rings is 1. The number of carbonyl (C=O) groups excluding carboxylic acids is 1. The Morgan fingerprint density at radius 2 is 2.04 bits per heavy atom. The fraction of sp³-hybridized carbons (Fsp3) is 0.333. The number of halogens is 1.